The lowest BCUT2D eigenvalue weighted by Crippen LogP contribution is -2.36. The summed E-state index contributed by atoms with van der Waals surface area (Å²) in [6.45, 7) is 4.19. The molecule has 0 unspecified atom stereocenters. The number of carbonyl (C=O) groups is 1. The molecule has 3 aromatic heterocycles. The first-order valence-corrected chi connectivity index (χ1v) is 8.28. The first-order chi connectivity index (χ1) is 12.0. The number of anilines is 1. The Kier molecular flexibility index (Phi) is 3.63. The van der Waals surface area contributed by atoms with Gasteiger partial charge in [-0.25, -0.2) is 4.98 Å². The Labute approximate surface area is 145 Å². The van der Waals surface area contributed by atoms with Crippen LogP contribution >= 0.6 is 0 Å². The van der Waals surface area contributed by atoms with Crippen molar-refractivity contribution < 1.29 is 9.32 Å². The van der Waals surface area contributed by atoms with Gasteiger partial charge in [-0.1, -0.05) is 11.2 Å². The predicted octanol–water partition coefficient (Wildman–Crippen LogP) is 2.68. The van der Waals surface area contributed by atoms with E-state index in [4.69, 9.17) is 9.51 Å². The highest BCUT2D eigenvalue weighted by atomic mass is 16.5. The van der Waals surface area contributed by atoms with Gasteiger partial charge in [0, 0.05) is 25.4 Å². The second kappa shape index (κ2) is 5.84. The Morgan fingerprint density at radius 1 is 1.28 bits per heavy atom. The average Bonchev–Trinajstić information content (AvgIpc) is 3.19. The number of pyridine rings is 1. The minimum absolute atomic E-state index is 0.104. The molecular weight excluding hydrogens is 318 g/mol. The fourth-order valence-electron chi connectivity index (χ4n) is 3.27. The molecular formula is C18H19N5O2. The van der Waals surface area contributed by atoms with Gasteiger partial charge in [0.25, 0.3) is 5.91 Å². The predicted molar refractivity (Wildman–Crippen MR) is 92.4 cm³/mol. The van der Waals surface area contributed by atoms with E-state index in [-0.39, 0.29) is 5.91 Å². The SMILES string of the molecule is Cc1noc(C)c1C(=O)N1CCCc2ccc(-c3cnn(C)c3)nc21. The van der Waals surface area contributed by atoms with Gasteiger partial charge < -0.3 is 4.52 Å². The molecule has 4 rings (SSSR count). The molecule has 0 aliphatic carbocycles. The maximum absolute atomic E-state index is 13.1. The highest BCUT2D eigenvalue weighted by molar-refractivity contribution is 6.07. The third kappa shape index (κ3) is 2.61. The van der Waals surface area contributed by atoms with Crippen LogP contribution in [0.1, 0.15) is 33.8 Å². The number of hydrogen-bond donors (Lipinski definition) is 0. The van der Waals surface area contributed by atoms with E-state index in [0.29, 0.717) is 23.6 Å². The summed E-state index contributed by atoms with van der Waals surface area (Å²) in [5, 5.41) is 8.10. The highest BCUT2D eigenvalue weighted by Crippen LogP contribution is 2.30. The number of carbonyl (C=O) groups excluding carboxylic acids is 1. The van der Waals surface area contributed by atoms with Gasteiger partial charge >= 0.3 is 0 Å². The molecule has 1 amide bonds. The zero-order valence-electron chi connectivity index (χ0n) is 14.5. The van der Waals surface area contributed by atoms with Gasteiger partial charge in [0.15, 0.2) is 0 Å². The minimum Gasteiger partial charge on any atom is -0.361 e. The third-order valence-electron chi connectivity index (χ3n) is 4.53. The smallest absolute Gasteiger partial charge is 0.264 e. The monoisotopic (exact) mass is 337 g/mol. The molecule has 4 heterocycles. The molecule has 7 nitrogen and oxygen atoms in total. The number of hydrogen-bond acceptors (Lipinski definition) is 5. The Bertz CT molecular complexity index is 937. The molecule has 0 radical (unpaired) electrons. The van der Waals surface area contributed by atoms with Gasteiger partial charge in [-0.2, -0.15) is 5.10 Å². The van der Waals surface area contributed by atoms with Gasteiger partial charge in [0.2, 0.25) is 0 Å². The van der Waals surface area contributed by atoms with Gasteiger partial charge in [0.1, 0.15) is 17.1 Å². The Hall–Kier alpha value is -2.96. The molecule has 0 fully saturated rings. The van der Waals surface area contributed by atoms with Crippen LogP contribution in [0.4, 0.5) is 5.82 Å². The van der Waals surface area contributed by atoms with Crippen LogP contribution in [0.15, 0.2) is 29.0 Å². The fraction of sp³-hybridized carbons (Fsp3) is 0.333. The summed E-state index contributed by atoms with van der Waals surface area (Å²) in [5.41, 5.74) is 3.96. The van der Waals surface area contributed by atoms with Crippen molar-refractivity contribution in [1.82, 2.24) is 19.9 Å². The lowest BCUT2D eigenvalue weighted by atomic mass is 10.0. The van der Waals surface area contributed by atoms with Crippen molar-refractivity contribution in [3.8, 4) is 11.3 Å². The molecule has 1 aliphatic heterocycles. The van der Waals surface area contributed by atoms with E-state index in [2.05, 4.69) is 16.3 Å². The van der Waals surface area contributed by atoms with Crippen LogP contribution < -0.4 is 4.90 Å². The van der Waals surface area contributed by atoms with E-state index in [9.17, 15) is 4.79 Å². The first-order valence-electron chi connectivity index (χ1n) is 8.28. The average molecular weight is 337 g/mol. The van der Waals surface area contributed by atoms with Crippen molar-refractivity contribution in [3.63, 3.8) is 0 Å². The molecule has 0 aromatic carbocycles. The van der Waals surface area contributed by atoms with Crippen LogP contribution in [0, 0.1) is 13.8 Å². The largest absolute Gasteiger partial charge is 0.361 e. The Balaban J connectivity index is 1.77. The molecule has 3 aromatic rings. The molecule has 25 heavy (non-hydrogen) atoms. The topological polar surface area (TPSA) is 77.0 Å². The fourth-order valence-corrected chi connectivity index (χ4v) is 3.27. The van der Waals surface area contributed by atoms with Crippen LogP contribution in [-0.4, -0.2) is 32.4 Å². The highest BCUT2D eigenvalue weighted by Gasteiger charge is 2.29. The standard InChI is InChI=1S/C18H19N5O2/c1-11-16(12(2)25-21-11)18(24)23-8-4-5-13-6-7-15(20-17(13)23)14-9-19-22(3)10-14/h6-7,9-10H,4-5,8H2,1-3H3. The number of aromatic nitrogens is 4. The van der Waals surface area contributed by atoms with Crippen LogP contribution in [0.5, 0.6) is 0 Å². The van der Waals surface area contributed by atoms with E-state index in [1.54, 1.807) is 29.6 Å². The number of amides is 1. The summed E-state index contributed by atoms with van der Waals surface area (Å²) in [4.78, 5) is 19.6. The molecule has 7 heteroatoms. The Morgan fingerprint density at radius 2 is 2.12 bits per heavy atom. The van der Waals surface area contributed by atoms with E-state index in [1.165, 1.54) is 0 Å². The van der Waals surface area contributed by atoms with Crippen LogP contribution in [0.25, 0.3) is 11.3 Å². The van der Waals surface area contributed by atoms with E-state index in [0.717, 1.165) is 35.5 Å². The summed E-state index contributed by atoms with van der Waals surface area (Å²) in [7, 11) is 1.87. The number of fused-ring (bicyclic) bond motifs is 1. The van der Waals surface area contributed by atoms with E-state index < -0.39 is 0 Å². The summed E-state index contributed by atoms with van der Waals surface area (Å²) < 4.78 is 6.90. The van der Waals surface area contributed by atoms with E-state index >= 15 is 0 Å². The molecule has 0 atom stereocenters. The quantitative estimate of drug-likeness (QED) is 0.718. The molecule has 1 aliphatic rings. The van der Waals surface area contributed by atoms with E-state index in [1.807, 2.05) is 19.3 Å². The number of aryl methyl sites for hydroxylation is 4. The van der Waals surface area contributed by atoms with Crippen molar-refractivity contribution >= 4 is 11.7 Å². The van der Waals surface area contributed by atoms with Crippen molar-refractivity contribution in [2.45, 2.75) is 26.7 Å². The summed E-state index contributed by atoms with van der Waals surface area (Å²) in [5.74, 6) is 1.16. The second-order valence-corrected chi connectivity index (χ2v) is 6.34. The molecule has 0 spiro atoms. The lowest BCUT2D eigenvalue weighted by Gasteiger charge is -2.28. The summed E-state index contributed by atoms with van der Waals surface area (Å²) in [6, 6.07) is 4.04. The van der Waals surface area contributed by atoms with Crippen molar-refractivity contribution in [3.05, 3.63) is 47.1 Å². The number of rotatable bonds is 2. The Morgan fingerprint density at radius 3 is 2.80 bits per heavy atom. The van der Waals surface area contributed by atoms with Crippen LogP contribution in [0.2, 0.25) is 0 Å². The van der Waals surface area contributed by atoms with Gasteiger partial charge in [-0.05, 0) is 38.3 Å². The normalized spacial score (nSPS) is 13.8. The molecule has 0 saturated carbocycles. The minimum atomic E-state index is -0.104. The molecule has 0 bridgehead atoms. The van der Waals surface area contributed by atoms with Crippen molar-refractivity contribution in [1.29, 1.82) is 0 Å². The van der Waals surface area contributed by atoms with Gasteiger partial charge in [0.05, 0.1) is 17.6 Å². The van der Waals surface area contributed by atoms with Crippen molar-refractivity contribution in [2.24, 2.45) is 7.05 Å². The molecule has 0 N–H and O–H groups in total. The number of nitrogens with zero attached hydrogens (tertiary/aromatic N) is 5. The molecule has 0 saturated heterocycles. The molecule has 128 valence electrons. The third-order valence-corrected chi connectivity index (χ3v) is 4.53. The first kappa shape index (κ1) is 15.6. The summed E-state index contributed by atoms with van der Waals surface area (Å²) >= 11 is 0. The zero-order valence-corrected chi connectivity index (χ0v) is 14.5. The maximum atomic E-state index is 13.1. The van der Waals surface area contributed by atoms with Gasteiger partial charge in [-0.3, -0.25) is 14.4 Å². The van der Waals surface area contributed by atoms with Crippen LogP contribution in [0.3, 0.4) is 0 Å². The lowest BCUT2D eigenvalue weighted by molar-refractivity contribution is 0.0982. The second-order valence-electron chi connectivity index (χ2n) is 6.34. The van der Waals surface area contributed by atoms with Gasteiger partial charge in [-0.15, -0.1) is 0 Å². The van der Waals surface area contributed by atoms with Crippen molar-refractivity contribution in [2.75, 3.05) is 11.4 Å². The maximum Gasteiger partial charge on any atom is 0.264 e. The van der Waals surface area contributed by atoms with Crippen LogP contribution in [-0.2, 0) is 13.5 Å². The zero-order chi connectivity index (χ0) is 17.6. The summed E-state index contributed by atoms with van der Waals surface area (Å²) in [6.07, 6.45) is 5.52.